The van der Waals surface area contributed by atoms with E-state index in [0.717, 1.165) is 44.4 Å². The first-order valence-electron chi connectivity index (χ1n) is 7.09. The Kier molecular flexibility index (Phi) is 7.94. The number of aliphatic imine (C=N–C) groups is 1. The van der Waals surface area contributed by atoms with Crippen molar-refractivity contribution in [2.24, 2.45) is 18.0 Å². The second kappa shape index (κ2) is 9.19. The summed E-state index contributed by atoms with van der Waals surface area (Å²) in [5.41, 5.74) is 0. The minimum absolute atomic E-state index is 0. The summed E-state index contributed by atoms with van der Waals surface area (Å²) in [6, 6.07) is 0. The van der Waals surface area contributed by atoms with Crippen molar-refractivity contribution in [1.82, 2.24) is 25.0 Å². The molecular formula is C13H25IN6O. The van der Waals surface area contributed by atoms with E-state index in [1.54, 1.807) is 18.1 Å². The number of hydrogen-bond donors (Lipinski definition) is 1. The van der Waals surface area contributed by atoms with E-state index in [2.05, 4.69) is 32.2 Å². The Morgan fingerprint density at radius 3 is 3.00 bits per heavy atom. The lowest BCUT2D eigenvalue weighted by atomic mass is 10.1. The summed E-state index contributed by atoms with van der Waals surface area (Å²) in [6.07, 6.45) is 2.71. The fourth-order valence-electron chi connectivity index (χ4n) is 2.43. The number of methoxy groups -OCH3 is 1. The van der Waals surface area contributed by atoms with Gasteiger partial charge < -0.3 is 15.0 Å². The highest BCUT2D eigenvalue weighted by Gasteiger charge is 2.24. The van der Waals surface area contributed by atoms with Gasteiger partial charge in [-0.2, -0.15) is 5.10 Å². The van der Waals surface area contributed by atoms with E-state index in [1.165, 1.54) is 0 Å². The Hall–Kier alpha value is -0.900. The van der Waals surface area contributed by atoms with Gasteiger partial charge in [0.1, 0.15) is 18.7 Å². The van der Waals surface area contributed by atoms with Gasteiger partial charge in [-0.25, -0.2) is 9.98 Å². The molecule has 1 aromatic rings. The number of guanidine groups is 1. The number of ether oxygens (including phenoxy) is 1. The number of halogens is 1. The largest absolute Gasteiger partial charge is 0.384 e. The first-order chi connectivity index (χ1) is 9.74. The van der Waals surface area contributed by atoms with Gasteiger partial charge >= 0.3 is 0 Å². The van der Waals surface area contributed by atoms with Crippen molar-refractivity contribution in [3.63, 3.8) is 0 Å². The van der Waals surface area contributed by atoms with Gasteiger partial charge in [-0.1, -0.05) is 0 Å². The van der Waals surface area contributed by atoms with E-state index in [9.17, 15) is 0 Å². The molecule has 0 amide bonds. The number of aromatic nitrogens is 3. The van der Waals surface area contributed by atoms with Gasteiger partial charge in [0.15, 0.2) is 5.96 Å². The van der Waals surface area contributed by atoms with Crippen molar-refractivity contribution in [2.45, 2.75) is 19.9 Å². The maximum atomic E-state index is 5.24. The zero-order valence-electron chi connectivity index (χ0n) is 12.9. The number of rotatable bonds is 5. The monoisotopic (exact) mass is 408 g/mol. The Morgan fingerprint density at radius 1 is 1.57 bits per heavy atom. The molecule has 1 aliphatic rings. The van der Waals surface area contributed by atoms with Crippen molar-refractivity contribution in [2.75, 3.05) is 33.4 Å². The quantitative estimate of drug-likeness (QED) is 0.445. The molecule has 1 atom stereocenters. The van der Waals surface area contributed by atoms with Gasteiger partial charge in [-0.3, -0.25) is 4.68 Å². The first kappa shape index (κ1) is 18.1. The Labute approximate surface area is 143 Å². The highest BCUT2D eigenvalue weighted by atomic mass is 127. The molecule has 1 N–H and O–H groups in total. The lowest BCUT2D eigenvalue weighted by Gasteiger charge is -2.21. The molecule has 7 nitrogen and oxygen atoms in total. The second-order valence-corrected chi connectivity index (χ2v) is 5.03. The minimum Gasteiger partial charge on any atom is -0.384 e. The van der Waals surface area contributed by atoms with E-state index in [0.29, 0.717) is 12.5 Å². The first-order valence-corrected chi connectivity index (χ1v) is 7.09. The average molecular weight is 408 g/mol. The maximum absolute atomic E-state index is 5.24. The summed E-state index contributed by atoms with van der Waals surface area (Å²) in [6.45, 7) is 6.34. The van der Waals surface area contributed by atoms with Crippen molar-refractivity contribution in [3.8, 4) is 0 Å². The van der Waals surface area contributed by atoms with Crippen LogP contribution in [0.4, 0.5) is 0 Å². The molecule has 8 heteroatoms. The van der Waals surface area contributed by atoms with Crippen LogP contribution in [0.5, 0.6) is 0 Å². The van der Waals surface area contributed by atoms with Gasteiger partial charge in [-0.15, -0.1) is 24.0 Å². The van der Waals surface area contributed by atoms with E-state index >= 15 is 0 Å². The van der Waals surface area contributed by atoms with Crippen molar-refractivity contribution < 1.29 is 4.74 Å². The number of hydrogen-bond acceptors (Lipinski definition) is 4. The molecule has 1 aliphatic heterocycles. The fourth-order valence-corrected chi connectivity index (χ4v) is 2.43. The zero-order chi connectivity index (χ0) is 14.4. The van der Waals surface area contributed by atoms with Crippen LogP contribution in [-0.2, 0) is 18.3 Å². The molecule has 1 saturated heterocycles. The van der Waals surface area contributed by atoms with E-state index in [4.69, 9.17) is 4.74 Å². The highest BCUT2D eigenvalue weighted by molar-refractivity contribution is 14.0. The Morgan fingerprint density at radius 2 is 2.38 bits per heavy atom. The minimum atomic E-state index is 0. The van der Waals surface area contributed by atoms with Crippen LogP contribution >= 0.6 is 24.0 Å². The summed E-state index contributed by atoms with van der Waals surface area (Å²) in [7, 11) is 3.64. The molecule has 1 aromatic heterocycles. The van der Waals surface area contributed by atoms with Crippen LogP contribution in [-0.4, -0.2) is 59.0 Å². The Balaban J connectivity index is 0.00000220. The number of likely N-dealkylation sites (tertiary alicyclic amines) is 1. The molecule has 0 bridgehead atoms. The molecule has 2 rings (SSSR count). The topological polar surface area (TPSA) is 67.6 Å². The van der Waals surface area contributed by atoms with Gasteiger partial charge in [0.25, 0.3) is 0 Å². The zero-order valence-corrected chi connectivity index (χ0v) is 15.3. The van der Waals surface area contributed by atoms with Crippen molar-refractivity contribution in [1.29, 1.82) is 0 Å². The third kappa shape index (κ3) is 5.10. The molecular weight excluding hydrogens is 383 g/mol. The number of nitrogens with one attached hydrogen (secondary N) is 1. The maximum Gasteiger partial charge on any atom is 0.194 e. The molecule has 0 spiro atoms. The smallest absolute Gasteiger partial charge is 0.194 e. The molecule has 0 aliphatic carbocycles. The third-order valence-electron chi connectivity index (χ3n) is 3.50. The predicted molar refractivity (Wildman–Crippen MR) is 92.8 cm³/mol. The lowest BCUT2D eigenvalue weighted by Crippen LogP contribution is -2.40. The second-order valence-electron chi connectivity index (χ2n) is 5.03. The predicted octanol–water partition coefficient (Wildman–Crippen LogP) is 0.867. The summed E-state index contributed by atoms with van der Waals surface area (Å²) in [5.74, 6) is 2.42. The van der Waals surface area contributed by atoms with Crippen LogP contribution in [0.15, 0.2) is 11.3 Å². The molecule has 1 fully saturated rings. The summed E-state index contributed by atoms with van der Waals surface area (Å²) in [5, 5.41) is 7.41. The Bertz CT molecular complexity index is 450. The van der Waals surface area contributed by atoms with Gasteiger partial charge in [-0.05, 0) is 13.3 Å². The SMILES string of the molecule is CCNC(=NCc1ncnn1C)N1CCC(COC)C1.I. The van der Waals surface area contributed by atoms with Gasteiger partial charge in [0.2, 0.25) is 0 Å². The molecule has 120 valence electrons. The molecule has 0 radical (unpaired) electrons. The van der Waals surface area contributed by atoms with E-state index in [-0.39, 0.29) is 24.0 Å². The fraction of sp³-hybridized carbons (Fsp3) is 0.769. The molecule has 1 unspecified atom stereocenters. The summed E-state index contributed by atoms with van der Waals surface area (Å²) >= 11 is 0. The van der Waals surface area contributed by atoms with Crippen LogP contribution in [0.1, 0.15) is 19.2 Å². The third-order valence-corrected chi connectivity index (χ3v) is 3.50. The van der Waals surface area contributed by atoms with Gasteiger partial charge in [0.05, 0.1) is 6.61 Å². The van der Waals surface area contributed by atoms with Crippen LogP contribution in [0.25, 0.3) is 0 Å². The van der Waals surface area contributed by atoms with E-state index < -0.39 is 0 Å². The average Bonchev–Trinajstić information content (AvgIpc) is 3.05. The van der Waals surface area contributed by atoms with Crippen LogP contribution < -0.4 is 5.32 Å². The summed E-state index contributed by atoms with van der Waals surface area (Å²) in [4.78, 5) is 11.2. The molecule has 0 saturated carbocycles. The standard InChI is InChI=1S/C13H24N6O.HI/c1-4-14-13(15-7-12-16-10-17-18(12)2)19-6-5-11(8-19)9-20-3;/h10-11H,4-9H2,1-3H3,(H,14,15);1H. The van der Waals surface area contributed by atoms with E-state index in [1.807, 2.05) is 7.05 Å². The number of nitrogens with zero attached hydrogens (tertiary/aromatic N) is 5. The molecule has 0 aromatic carbocycles. The van der Waals surface area contributed by atoms with Crippen molar-refractivity contribution >= 4 is 29.9 Å². The normalized spacial score (nSPS) is 18.7. The number of aryl methyl sites for hydroxylation is 1. The highest BCUT2D eigenvalue weighted by Crippen LogP contribution is 2.16. The van der Waals surface area contributed by atoms with Crippen molar-refractivity contribution in [3.05, 3.63) is 12.2 Å². The van der Waals surface area contributed by atoms with Crippen LogP contribution in [0.3, 0.4) is 0 Å². The van der Waals surface area contributed by atoms with Crippen LogP contribution in [0.2, 0.25) is 0 Å². The van der Waals surface area contributed by atoms with Gasteiger partial charge in [0, 0.05) is 39.7 Å². The van der Waals surface area contributed by atoms with Crippen LogP contribution in [0, 0.1) is 5.92 Å². The summed E-state index contributed by atoms with van der Waals surface area (Å²) < 4.78 is 6.99. The molecule has 21 heavy (non-hydrogen) atoms. The lowest BCUT2D eigenvalue weighted by molar-refractivity contribution is 0.157. The molecule has 2 heterocycles.